The maximum Gasteiger partial charge on any atom is 0.229 e. The van der Waals surface area contributed by atoms with Crippen molar-refractivity contribution < 1.29 is 9.21 Å². The summed E-state index contributed by atoms with van der Waals surface area (Å²) >= 11 is 1.53. The third-order valence-corrected chi connectivity index (χ3v) is 6.23. The molecule has 1 aliphatic heterocycles. The largest absolute Gasteiger partial charge is 0.459 e. The van der Waals surface area contributed by atoms with Crippen molar-refractivity contribution in [3.05, 3.63) is 63.9 Å². The zero-order valence-corrected chi connectivity index (χ0v) is 16.8. The van der Waals surface area contributed by atoms with Gasteiger partial charge in [0.05, 0.1) is 18.2 Å². The molecule has 1 aromatic carbocycles. The molecule has 1 unspecified atom stereocenters. The quantitative estimate of drug-likeness (QED) is 0.622. The average molecular weight is 381 g/mol. The van der Waals surface area contributed by atoms with E-state index in [4.69, 9.17) is 4.42 Å². The molecule has 1 aliphatic rings. The first-order valence-corrected chi connectivity index (χ1v) is 10.3. The molecule has 1 atom stereocenters. The van der Waals surface area contributed by atoms with Gasteiger partial charge in [0.15, 0.2) is 10.8 Å². The highest BCUT2D eigenvalue weighted by Crippen LogP contribution is 2.33. The summed E-state index contributed by atoms with van der Waals surface area (Å²) in [5, 5.41) is 2.80. The molecule has 5 heteroatoms. The monoisotopic (exact) mass is 380 g/mol. The molecule has 1 fully saturated rings. The van der Waals surface area contributed by atoms with Crippen molar-refractivity contribution in [1.29, 1.82) is 0 Å². The average Bonchev–Trinajstić information content (AvgIpc) is 3.37. The number of furan rings is 1. The normalized spacial score (nSPS) is 16.9. The Morgan fingerprint density at radius 3 is 2.81 bits per heavy atom. The predicted molar refractivity (Wildman–Crippen MR) is 108 cm³/mol. The number of hydrogen-bond acceptors (Lipinski definition) is 4. The lowest BCUT2D eigenvalue weighted by molar-refractivity contribution is -0.131. The Balaban J connectivity index is 1.49. The van der Waals surface area contributed by atoms with Crippen LogP contribution in [0.15, 0.2) is 40.1 Å². The number of nitrogens with zero attached hydrogens (tertiary/aromatic N) is 2. The number of aromatic nitrogens is 1. The Labute approximate surface area is 163 Å². The van der Waals surface area contributed by atoms with Crippen molar-refractivity contribution in [2.24, 2.45) is 0 Å². The lowest BCUT2D eigenvalue weighted by Crippen LogP contribution is -2.32. The van der Waals surface area contributed by atoms with Gasteiger partial charge in [0.2, 0.25) is 5.91 Å². The Morgan fingerprint density at radius 1 is 1.22 bits per heavy atom. The molecule has 140 valence electrons. The van der Waals surface area contributed by atoms with Crippen molar-refractivity contribution in [2.45, 2.75) is 46.1 Å². The number of carbonyl (C=O) groups is 1. The van der Waals surface area contributed by atoms with Crippen molar-refractivity contribution in [2.75, 3.05) is 6.54 Å². The van der Waals surface area contributed by atoms with Crippen LogP contribution in [0.1, 0.15) is 47.0 Å². The van der Waals surface area contributed by atoms with E-state index in [2.05, 4.69) is 37.0 Å². The zero-order chi connectivity index (χ0) is 19.0. The number of hydrogen-bond donors (Lipinski definition) is 0. The van der Waals surface area contributed by atoms with E-state index in [0.29, 0.717) is 6.42 Å². The fourth-order valence-corrected chi connectivity index (χ4v) is 4.47. The lowest BCUT2D eigenvalue weighted by atomic mass is 9.99. The van der Waals surface area contributed by atoms with Gasteiger partial charge < -0.3 is 9.32 Å². The summed E-state index contributed by atoms with van der Waals surface area (Å²) in [4.78, 5) is 19.6. The molecule has 3 heterocycles. The Kier molecular flexibility index (Phi) is 4.87. The topological polar surface area (TPSA) is 46.3 Å². The van der Waals surface area contributed by atoms with Gasteiger partial charge in [0.25, 0.3) is 0 Å². The van der Waals surface area contributed by atoms with Gasteiger partial charge in [-0.3, -0.25) is 4.79 Å². The molecule has 0 aliphatic carbocycles. The van der Waals surface area contributed by atoms with Crippen LogP contribution in [0.5, 0.6) is 0 Å². The molecule has 4 nitrogen and oxygen atoms in total. The maximum atomic E-state index is 13.0. The fourth-order valence-electron chi connectivity index (χ4n) is 3.69. The molecule has 4 rings (SSSR count). The third-order valence-electron chi connectivity index (χ3n) is 5.32. The van der Waals surface area contributed by atoms with Crippen molar-refractivity contribution in [1.82, 2.24) is 9.88 Å². The molecule has 0 bridgehead atoms. The molecule has 0 N–H and O–H groups in total. The molecular weight excluding hydrogens is 356 g/mol. The highest BCUT2D eigenvalue weighted by atomic mass is 32.1. The summed E-state index contributed by atoms with van der Waals surface area (Å²) in [5.41, 5.74) is 4.64. The summed E-state index contributed by atoms with van der Waals surface area (Å²) in [6, 6.07) is 10.6. The van der Waals surface area contributed by atoms with Gasteiger partial charge in [0.1, 0.15) is 5.76 Å². The number of benzene rings is 1. The number of thiazole rings is 1. The lowest BCUT2D eigenvalue weighted by Gasteiger charge is -2.25. The van der Waals surface area contributed by atoms with Gasteiger partial charge in [-0.2, -0.15) is 0 Å². The van der Waals surface area contributed by atoms with E-state index in [1.807, 2.05) is 29.3 Å². The van der Waals surface area contributed by atoms with E-state index in [9.17, 15) is 4.79 Å². The summed E-state index contributed by atoms with van der Waals surface area (Å²) in [6.45, 7) is 7.00. The molecule has 2 aromatic heterocycles. The second-order valence-corrected chi connectivity index (χ2v) is 8.18. The Bertz CT molecular complexity index is 972. The summed E-state index contributed by atoms with van der Waals surface area (Å²) in [7, 11) is 0. The van der Waals surface area contributed by atoms with E-state index in [0.717, 1.165) is 41.6 Å². The van der Waals surface area contributed by atoms with Gasteiger partial charge in [-0.05, 0) is 62.4 Å². The Morgan fingerprint density at radius 2 is 2.07 bits per heavy atom. The van der Waals surface area contributed by atoms with Crippen LogP contribution in [0.2, 0.25) is 0 Å². The second-order valence-electron chi connectivity index (χ2n) is 7.32. The smallest absolute Gasteiger partial charge is 0.229 e. The van der Waals surface area contributed by atoms with Gasteiger partial charge in [-0.1, -0.05) is 18.2 Å². The first-order valence-electron chi connectivity index (χ1n) is 9.39. The number of rotatable bonds is 4. The predicted octanol–water partition coefficient (Wildman–Crippen LogP) is 5.23. The van der Waals surface area contributed by atoms with Crippen LogP contribution in [0, 0.1) is 20.8 Å². The van der Waals surface area contributed by atoms with Gasteiger partial charge in [-0.15, -0.1) is 11.3 Å². The molecule has 3 aromatic rings. The molecule has 0 saturated carbocycles. The SMILES string of the molecule is Cc1ccc(-c2nc(CC(=O)N3CCCC3c3ccc(C)c(C)c3)cs2)o1. The van der Waals surface area contributed by atoms with E-state index in [-0.39, 0.29) is 11.9 Å². The molecule has 1 amide bonds. The minimum absolute atomic E-state index is 0.156. The third kappa shape index (κ3) is 3.69. The standard InChI is InChI=1S/C22H24N2O2S/c1-14-6-8-17(11-15(14)2)19-5-4-10-24(19)21(25)12-18-13-27-22(23-18)20-9-7-16(3)26-20/h6-9,11,13,19H,4-5,10,12H2,1-3H3. The highest BCUT2D eigenvalue weighted by molar-refractivity contribution is 7.13. The fraction of sp³-hybridized carbons (Fsp3) is 0.364. The van der Waals surface area contributed by atoms with E-state index < -0.39 is 0 Å². The van der Waals surface area contributed by atoms with Gasteiger partial charge in [-0.25, -0.2) is 4.98 Å². The number of likely N-dealkylation sites (tertiary alicyclic amines) is 1. The van der Waals surface area contributed by atoms with E-state index in [1.165, 1.54) is 28.0 Å². The van der Waals surface area contributed by atoms with Crippen molar-refractivity contribution in [3.63, 3.8) is 0 Å². The Hall–Kier alpha value is -2.40. The zero-order valence-electron chi connectivity index (χ0n) is 16.0. The van der Waals surface area contributed by atoms with Crippen LogP contribution in [-0.2, 0) is 11.2 Å². The summed E-state index contributed by atoms with van der Waals surface area (Å²) < 4.78 is 5.64. The van der Waals surface area contributed by atoms with E-state index >= 15 is 0 Å². The van der Waals surface area contributed by atoms with Crippen LogP contribution in [0.4, 0.5) is 0 Å². The van der Waals surface area contributed by atoms with Crippen molar-refractivity contribution >= 4 is 17.2 Å². The van der Waals surface area contributed by atoms with Crippen LogP contribution in [0.25, 0.3) is 10.8 Å². The summed E-state index contributed by atoms with van der Waals surface area (Å²) in [6.07, 6.45) is 2.43. The van der Waals surface area contributed by atoms with Gasteiger partial charge >= 0.3 is 0 Å². The van der Waals surface area contributed by atoms with Crippen LogP contribution in [0.3, 0.4) is 0 Å². The highest BCUT2D eigenvalue weighted by Gasteiger charge is 2.30. The number of aryl methyl sites for hydroxylation is 3. The van der Waals surface area contributed by atoms with E-state index in [1.54, 1.807) is 0 Å². The van der Waals surface area contributed by atoms with Gasteiger partial charge in [0, 0.05) is 11.9 Å². The minimum Gasteiger partial charge on any atom is -0.459 e. The van der Waals surface area contributed by atoms with Crippen LogP contribution in [-0.4, -0.2) is 22.3 Å². The first kappa shape index (κ1) is 18.0. The number of carbonyl (C=O) groups excluding carboxylic acids is 1. The minimum atomic E-state index is 0.156. The molecular formula is C22H24N2O2S. The second kappa shape index (κ2) is 7.31. The maximum absolute atomic E-state index is 13.0. The first-order chi connectivity index (χ1) is 13.0. The molecule has 0 spiro atoms. The van der Waals surface area contributed by atoms with Crippen LogP contribution < -0.4 is 0 Å². The number of amides is 1. The molecule has 1 saturated heterocycles. The summed E-state index contributed by atoms with van der Waals surface area (Å²) in [5.74, 6) is 1.79. The molecule has 0 radical (unpaired) electrons. The van der Waals surface area contributed by atoms with Crippen LogP contribution >= 0.6 is 11.3 Å². The molecule has 27 heavy (non-hydrogen) atoms. The van der Waals surface area contributed by atoms with Crippen molar-refractivity contribution in [3.8, 4) is 10.8 Å².